The SMILES string of the molecule is CCCCCCCCNC(Cc1ccccn1)(Cc1ccccn1)C(N)Cc1ccccn1. The molecule has 5 nitrogen and oxygen atoms in total. The summed E-state index contributed by atoms with van der Waals surface area (Å²) < 4.78 is 0. The number of unbranched alkanes of at least 4 members (excludes halogenated alkanes) is 5. The maximum absolute atomic E-state index is 7.00. The lowest BCUT2D eigenvalue weighted by Gasteiger charge is -2.40. The standard InChI is InChI=1S/C28H39N5/c1-2-3-4-5-6-10-20-33-28(22-25-15-8-12-18-31-25,23-26-16-9-13-19-32-26)27(29)21-24-14-7-11-17-30-24/h7-9,11-19,27,33H,2-6,10,20-23,29H2,1H3. The van der Waals surface area contributed by atoms with Gasteiger partial charge in [-0.25, -0.2) is 0 Å². The van der Waals surface area contributed by atoms with Crippen LogP contribution in [0.2, 0.25) is 0 Å². The van der Waals surface area contributed by atoms with E-state index in [1.165, 1.54) is 32.1 Å². The number of aromatic nitrogens is 3. The third kappa shape index (κ3) is 8.34. The highest BCUT2D eigenvalue weighted by Crippen LogP contribution is 2.23. The van der Waals surface area contributed by atoms with E-state index in [0.29, 0.717) is 6.42 Å². The van der Waals surface area contributed by atoms with Crippen LogP contribution in [0.4, 0.5) is 0 Å². The summed E-state index contributed by atoms with van der Waals surface area (Å²) in [5.74, 6) is 0. The van der Waals surface area contributed by atoms with Crippen LogP contribution in [-0.2, 0) is 19.3 Å². The van der Waals surface area contributed by atoms with Gasteiger partial charge in [0.05, 0.1) is 0 Å². The van der Waals surface area contributed by atoms with Crippen molar-refractivity contribution >= 4 is 0 Å². The molecule has 0 aliphatic carbocycles. The number of hydrogen-bond donors (Lipinski definition) is 2. The van der Waals surface area contributed by atoms with Crippen LogP contribution in [0.3, 0.4) is 0 Å². The largest absolute Gasteiger partial charge is 0.326 e. The van der Waals surface area contributed by atoms with Crippen molar-refractivity contribution in [3.63, 3.8) is 0 Å². The Hall–Kier alpha value is -2.63. The monoisotopic (exact) mass is 445 g/mol. The molecule has 0 amide bonds. The lowest BCUT2D eigenvalue weighted by Crippen LogP contribution is -2.62. The minimum absolute atomic E-state index is 0.142. The summed E-state index contributed by atoms with van der Waals surface area (Å²) in [6, 6.07) is 18.1. The molecule has 0 saturated carbocycles. The lowest BCUT2D eigenvalue weighted by atomic mass is 9.79. The summed E-state index contributed by atoms with van der Waals surface area (Å²) in [6.45, 7) is 3.19. The second-order valence-corrected chi connectivity index (χ2v) is 8.98. The van der Waals surface area contributed by atoms with Crippen LogP contribution in [-0.4, -0.2) is 33.1 Å². The molecule has 0 fully saturated rings. The minimum atomic E-state index is -0.371. The number of nitrogens with two attached hydrogens (primary N) is 1. The number of hydrogen-bond acceptors (Lipinski definition) is 5. The number of rotatable bonds is 15. The van der Waals surface area contributed by atoms with Crippen LogP contribution in [0.5, 0.6) is 0 Å². The summed E-state index contributed by atoms with van der Waals surface area (Å²) >= 11 is 0. The summed E-state index contributed by atoms with van der Waals surface area (Å²) in [5, 5.41) is 3.91. The van der Waals surface area contributed by atoms with Crippen LogP contribution < -0.4 is 11.1 Å². The number of pyridine rings is 3. The Morgan fingerprint density at radius 2 is 1.24 bits per heavy atom. The van der Waals surface area contributed by atoms with Gasteiger partial charge in [0.1, 0.15) is 0 Å². The fraction of sp³-hybridized carbons (Fsp3) is 0.464. The first-order valence-corrected chi connectivity index (χ1v) is 12.4. The molecule has 1 atom stereocenters. The van der Waals surface area contributed by atoms with Crippen molar-refractivity contribution < 1.29 is 0 Å². The Labute approximate surface area is 199 Å². The fourth-order valence-corrected chi connectivity index (χ4v) is 4.41. The van der Waals surface area contributed by atoms with Gasteiger partial charge in [-0.1, -0.05) is 57.2 Å². The zero-order valence-corrected chi connectivity index (χ0v) is 20.0. The van der Waals surface area contributed by atoms with Crippen LogP contribution in [0, 0.1) is 0 Å². The molecule has 3 aromatic rings. The topological polar surface area (TPSA) is 76.7 Å². The second kappa shape index (κ2) is 13.8. The summed E-state index contributed by atoms with van der Waals surface area (Å²) in [5.41, 5.74) is 9.73. The van der Waals surface area contributed by atoms with Crippen molar-refractivity contribution in [1.29, 1.82) is 0 Å². The molecular weight excluding hydrogens is 406 g/mol. The summed E-state index contributed by atoms with van der Waals surface area (Å²) in [6.07, 6.45) is 15.3. The average molecular weight is 446 g/mol. The maximum atomic E-state index is 7.00. The predicted octanol–water partition coefficient (Wildman–Crippen LogP) is 4.92. The van der Waals surface area contributed by atoms with E-state index in [4.69, 9.17) is 5.73 Å². The van der Waals surface area contributed by atoms with E-state index in [9.17, 15) is 0 Å². The van der Waals surface area contributed by atoms with E-state index < -0.39 is 0 Å². The van der Waals surface area contributed by atoms with Crippen molar-refractivity contribution in [3.8, 4) is 0 Å². The fourth-order valence-electron chi connectivity index (χ4n) is 4.41. The van der Waals surface area contributed by atoms with E-state index >= 15 is 0 Å². The van der Waals surface area contributed by atoms with Gasteiger partial charge < -0.3 is 11.1 Å². The van der Waals surface area contributed by atoms with Gasteiger partial charge in [0.2, 0.25) is 0 Å². The van der Waals surface area contributed by atoms with Crippen molar-refractivity contribution in [2.75, 3.05) is 6.54 Å². The molecule has 3 heterocycles. The third-order valence-corrected chi connectivity index (χ3v) is 6.32. The van der Waals surface area contributed by atoms with E-state index in [1.807, 2.05) is 55.0 Å². The molecule has 0 aliphatic rings. The van der Waals surface area contributed by atoms with Crippen molar-refractivity contribution in [2.45, 2.75) is 76.3 Å². The number of nitrogens with zero attached hydrogens (tertiary/aromatic N) is 3. The Balaban J connectivity index is 1.81. The molecule has 0 aliphatic heterocycles. The highest BCUT2D eigenvalue weighted by Gasteiger charge is 2.37. The molecule has 1 unspecified atom stereocenters. The molecule has 0 aromatic carbocycles. The quantitative estimate of drug-likeness (QED) is 0.325. The molecular formula is C28H39N5. The maximum Gasteiger partial charge on any atom is 0.0448 e. The van der Waals surface area contributed by atoms with Crippen LogP contribution in [0.25, 0.3) is 0 Å². The molecule has 3 rings (SSSR count). The zero-order chi connectivity index (χ0) is 23.2. The first-order chi connectivity index (χ1) is 16.2. The van der Waals surface area contributed by atoms with E-state index in [-0.39, 0.29) is 11.6 Å². The van der Waals surface area contributed by atoms with E-state index in [1.54, 1.807) is 0 Å². The molecule has 33 heavy (non-hydrogen) atoms. The van der Waals surface area contributed by atoms with Crippen LogP contribution in [0.15, 0.2) is 73.2 Å². The molecule has 0 bridgehead atoms. The van der Waals surface area contributed by atoms with E-state index in [0.717, 1.165) is 42.9 Å². The molecule has 176 valence electrons. The van der Waals surface area contributed by atoms with Crippen LogP contribution >= 0.6 is 0 Å². The Bertz CT molecular complexity index is 844. The van der Waals surface area contributed by atoms with Gasteiger partial charge in [0.15, 0.2) is 0 Å². The normalized spacial score (nSPS) is 12.5. The Morgan fingerprint density at radius 1 is 0.727 bits per heavy atom. The van der Waals surface area contributed by atoms with Crippen molar-refractivity contribution in [1.82, 2.24) is 20.3 Å². The van der Waals surface area contributed by atoms with Gasteiger partial charge in [-0.05, 0) is 49.4 Å². The minimum Gasteiger partial charge on any atom is -0.326 e. The zero-order valence-electron chi connectivity index (χ0n) is 20.0. The van der Waals surface area contributed by atoms with Gasteiger partial charge in [0, 0.05) is 66.5 Å². The van der Waals surface area contributed by atoms with Gasteiger partial charge in [0.25, 0.3) is 0 Å². The molecule has 0 saturated heterocycles. The average Bonchev–Trinajstić information content (AvgIpc) is 2.85. The second-order valence-electron chi connectivity index (χ2n) is 8.98. The Morgan fingerprint density at radius 3 is 1.76 bits per heavy atom. The highest BCUT2D eigenvalue weighted by atomic mass is 15.0. The summed E-state index contributed by atoms with van der Waals surface area (Å²) in [4.78, 5) is 13.8. The summed E-state index contributed by atoms with van der Waals surface area (Å²) in [7, 11) is 0. The van der Waals surface area contributed by atoms with Gasteiger partial charge in [-0.15, -0.1) is 0 Å². The first-order valence-electron chi connectivity index (χ1n) is 12.4. The van der Waals surface area contributed by atoms with Crippen LogP contribution in [0.1, 0.15) is 62.5 Å². The molecule has 3 N–H and O–H groups in total. The van der Waals surface area contributed by atoms with Crippen molar-refractivity contribution in [2.24, 2.45) is 5.73 Å². The highest BCUT2D eigenvalue weighted by molar-refractivity contribution is 5.19. The smallest absolute Gasteiger partial charge is 0.0448 e. The van der Waals surface area contributed by atoms with Crippen molar-refractivity contribution in [3.05, 3.63) is 90.3 Å². The van der Waals surface area contributed by atoms with Gasteiger partial charge >= 0.3 is 0 Å². The number of nitrogens with one attached hydrogen (secondary N) is 1. The van der Waals surface area contributed by atoms with E-state index in [2.05, 4.69) is 45.4 Å². The Kier molecular flexibility index (Phi) is 10.5. The molecule has 5 heteroatoms. The van der Waals surface area contributed by atoms with Gasteiger partial charge in [-0.2, -0.15) is 0 Å². The molecule has 0 spiro atoms. The molecule has 0 radical (unpaired) electrons. The first kappa shape index (κ1) is 25.0. The molecule has 3 aromatic heterocycles. The third-order valence-electron chi connectivity index (χ3n) is 6.32. The lowest BCUT2D eigenvalue weighted by molar-refractivity contribution is 0.250. The predicted molar refractivity (Wildman–Crippen MR) is 136 cm³/mol. The van der Waals surface area contributed by atoms with Gasteiger partial charge in [-0.3, -0.25) is 15.0 Å².